The summed E-state index contributed by atoms with van der Waals surface area (Å²) in [5, 5.41) is 13.9. The maximum absolute atomic E-state index is 10.8. The Bertz CT molecular complexity index is 629. The Morgan fingerprint density at radius 2 is 2.14 bits per heavy atom. The number of benzene rings is 1. The lowest BCUT2D eigenvalue weighted by atomic mass is 10.2. The first-order chi connectivity index (χ1) is 10.1. The summed E-state index contributed by atoms with van der Waals surface area (Å²) < 4.78 is 5.66. The Balaban J connectivity index is 2.09. The zero-order valence-electron chi connectivity index (χ0n) is 11.9. The molecule has 0 atom stereocenters. The van der Waals surface area contributed by atoms with Crippen molar-refractivity contribution < 1.29 is 9.66 Å². The van der Waals surface area contributed by atoms with Crippen molar-refractivity contribution in [3.05, 3.63) is 58.3 Å². The summed E-state index contributed by atoms with van der Waals surface area (Å²) in [6, 6.07) is 10.1. The monoisotopic (exact) mass is 287 g/mol. The fourth-order valence-corrected chi connectivity index (χ4v) is 1.84. The predicted molar refractivity (Wildman–Crippen MR) is 80.4 cm³/mol. The quantitative estimate of drug-likeness (QED) is 0.651. The Morgan fingerprint density at radius 3 is 2.86 bits per heavy atom. The normalized spacial score (nSPS) is 10.4. The lowest BCUT2D eigenvalue weighted by Gasteiger charge is -2.14. The van der Waals surface area contributed by atoms with E-state index in [2.05, 4.69) is 10.3 Å². The molecule has 0 aliphatic rings. The van der Waals surface area contributed by atoms with Crippen LogP contribution in [-0.4, -0.2) is 16.0 Å². The van der Waals surface area contributed by atoms with Crippen molar-refractivity contribution in [2.45, 2.75) is 26.5 Å². The molecule has 2 rings (SSSR count). The van der Waals surface area contributed by atoms with E-state index in [0.29, 0.717) is 18.1 Å². The maximum Gasteiger partial charge on any atom is 0.269 e. The summed E-state index contributed by atoms with van der Waals surface area (Å²) in [5.41, 5.74) is 0.888. The molecule has 1 aromatic heterocycles. The number of ether oxygens (including phenoxy) is 1. The van der Waals surface area contributed by atoms with Crippen molar-refractivity contribution in [3.8, 4) is 5.75 Å². The highest BCUT2D eigenvalue weighted by Crippen LogP contribution is 2.23. The van der Waals surface area contributed by atoms with E-state index < -0.39 is 4.92 Å². The molecule has 0 unspecified atom stereocenters. The Hall–Kier alpha value is -2.63. The average molecular weight is 287 g/mol. The van der Waals surface area contributed by atoms with Gasteiger partial charge in [-0.1, -0.05) is 12.1 Å². The van der Waals surface area contributed by atoms with Gasteiger partial charge in [-0.15, -0.1) is 0 Å². The molecule has 1 N–H and O–H groups in total. The molecular weight excluding hydrogens is 270 g/mol. The van der Waals surface area contributed by atoms with E-state index in [1.165, 1.54) is 6.07 Å². The molecule has 0 saturated carbocycles. The van der Waals surface area contributed by atoms with E-state index in [1.807, 2.05) is 26.0 Å². The van der Waals surface area contributed by atoms with E-state index in [4.69, 9.17) is 4.74 Å². The van der Waals surface area contributed by atoms with E-state index in [-0.39, 0.29) is 11.8 Å². The van der Waals surface area contributed by atoms with Crippen LogP contribution in [0.4, 0.5) is 11.5 Å². The third kappa shape index (κ3) is 4.17. The fourth-order valence-electron chi connectivity index (χ4n) is 1.84. The molecule has 6 nitrogen and oxygen atoms in total. The first-order valence-corrected chi connectivity index (χ1v) is 6.65. The number of nitrogens with zero attached hydrogens (tertiary/aromatic N) is 2. The average Bonchev–Trinajstić information content (AvgIpc) is 2.46. The molecule has 0 saturated heterocycles. The van der Waals surface area contributed by atoms with Crippen LogP contribution in [0.15, 0.2) is 42.6 Å². The first-order valence-electron chi connectivity index (χ1n) is 6.65. The molecule has 6 heteroatoms. The molecule has 0 fully saturated rings. The first kappa shape index (κ1) is 14.8. The van der Waals surface area contributed by atoms with Crippen LogP contribution in [0.25, 0.3) is 0 Å². The minimum Gasteiger partial charge on any atom is -0.487 e. The van der Waals surface area contributed by atoms with Crippen molar-refractivity contribution in [2.75, 3.05) is 5.32 Å². The van der Waals surface area contributed by atoms with Gasteiger partial charge in [-0.05, 0) is 31.5 Å². The van der Waals surface area contributed by atoms with Crippen LogP contribution in [0.2, 0.25) is 0 Å². The van der Waals surface area contributed by atoms with E-state index in [9.17, 15) is 10.1 Å². The number of aromatic nitrogens is 1. The van der Waals surface area contributed by atoms with Crippen LogP contribution in [0, 0.1) is 10.1 Å². The summed E-state index contributed by atoms with van der Waals surface area (Å²) in [5.74, 6) is 1.29. The smallest absolute Gasteiger partial charge is 0.269 e. The minimum atomic E-state index is -0.405. The molecule has 1 heterocycles. The second-order valence-corrected chi connectivity index (χ2v) is 4.80. The number of rotatable bonds is 6. The van der Waals surface area contributed by atoms with Crippen molar-refractivity contribution in [2.24, 2.45) is 0 Å². The molecule has 0 radical (unpaired) electrons. The summed E-state index contributed by atoms with van der Waals surface area (Å²) in [4.78, 5) is 14.6. The number of nitro groups is 1. The molecule has 0 spiro atoms. The van der Waals surface area contributed by atoms with Crippen LogP contribution in [0.5, 0.6) is 5.75 Å². The SMILES string of the molecule is CC(C)Oc1cccnc1NCc1cccc([N+](=O)[O-])c1. The van der Waals surface area contributed by atoms with Crippen molar-refractivity contribution in [1.82, 2.24) is 4.98 Å². The van der Waals surface area contributed by atoms with Gasteiger partial charge < -0.3 is 10.1 Å². The number of nitrogens with one attached hydrogen (secondary N) is 1. The van der Waals surface area contributed by atoms with Crippen LogP contribution < -0.4 is 10.1 Å². The van der Waals surface area contributed by atoms with Gasteiger partial charge in [0.25, 0.3) is 5.69 Å². The second-order valence-electron chi connectivity index (χ2n) is 4.80. The van der Waals surface area contributed by atoms with Crippen LogP contribution in [-0.2, 0) is 6.54 Å². The lowest BCUT2D eigenvalue weighted by molar-refractivity contribution is -0.384. The molecule has 2 aromatic rings. The van der Waals surface area contributed by atoms with Gasteiger partial charge in [0.05, 0.1) is 11.0 Å². The molecule has 0 aliphatic carbocycles. The highest BCUT2D eigenvalue weighted by Gasteiger charge is 2.08. The molecule has 0 aliphatic heterocycles. The summed E-state index contributed by atoms with van der Waals surface area (Å²) >= 11 is 0. The molecular formula is C15H17N3O3. The van der Waals surface area contributed by atoms with Gasteiger partial charge in [-0.3, -0.25) is 10.1 Å². The number of hydrogen-bond acceptors (Lipinski definition) is 5. The highest BCUT2D eigenvalue weighted by molar-refractivity contribution is 5.50. The second kappa shape index (κ2) is 6.69. The molecule has 1 aromatic carbocycles. The van der Waals surface area contributed by atoms with Gasteiger partial charge in [0.2, 0.25) is 0 Å². The van der Waals surface area contributed by atoms with E-state index in [1.54, 1.807) is 24.4 Å². The molecule has 0 amide bonds. The van der Waals surface area contributed by atoms with Gasteiger partial charge >= 0.3 is 0 Å². The third-order valence-electron chi connectivity index (χ3n) is 2.71. The van der Waals surface area contributed by atoms with E-state index >= 15 is 0 Å². The Kier molecular flexibility index (Phi) is 4.71. The standard InChI is InChI=1S/C15H17N3O3/c1-11(2)21-14-7-4-8-16-15(14)17-10-12-5-3-6-13(9-12)18(19)20/h3-9,11H,10H2,1-2H3,(H,16,17). The maximum atomic E-state index is 10.8. The Labute approximate surface area is 122 Å². The number of anilines is 1. The van der Waals surface area contributed by atoms with Crippen molar-refractivity contribution in [3.63, 3.8) is 0 Å². The number of pyridine rings is 1. The van der Waals surface area contributed by atoms with Crippen LogP contribution in [0.3, 0.4) is 0 Å². The van der Waals surface area contributed by atoms with Crippen molar-refractivity contribution in [1.29, 1.82) is 0 Å². The topological polar surface area (TPSA) is 77.3 Å². The van der Waals surface area contributed by atoms with Gasteiger partial charge in [0, 0.05) is 24.9 Å². The number of hydrogen-bond donors (Lipinski definition) is 1. The van der Waals surface area contributed by atoms with Crippen molar-refractivity contribution >= 4 is 11.5 Å². The minimum absolute atomic E-state index is 0.0487. The van der Waals surface area contributed by atoms with Gasteiger partial charge in [0.1, 0.15) is 0 Å². The van der Waals surface area contributed by atoms with Gasteiger partial charge in [-0.25, -0.2) is 4.98 Å². The number of non-ortho nitro benzene ring substituents is 1. The Morgan fingerprint density at radius 1 is 1.33 bits per heavy atom. The molecule has 21 heavy (non-hydrogen) atoms. The third-order valence-corrected chi connectivity index (χ3v) is 2.71. The van der Waals surface area contributed by atoms with Crippen LogP contribution >= 0.6 is 0 Å². The van der Waals surface area contributed by atoms with Gasteiger partial charge in [0.15, 0.2) is 11.6 Å². The largest absolute Gasteiger partial charge is 0.487 e. The van der Waals surface area contributed by atoms with Crippen LogP contribution in [0.1, 0.15) is 19.4 Å². The summed E-state index contributed by atoms with van der Waals surface area (Å²) in [6.45, 7) is 4.32. The van der Waals surface area contributed by atoms with E-state index in [0.717, 1.165) is 5.56 Å². The highest BCUT2D eigenvalue weighted by atomic mass is 16.6. The zero-order valence-corrected chi connectivity index (χ0v) is 11.9. The predicted octanol–water partition coefficient (Wildman–Crippen LogP) is 3.39. The summed E-state index contributed by atoms with van der Waals surface area (Å²) in [7, 11) is 0. The summed E-state index contributed by atoms with van der Waals surface area (Å²) in [6.07, 6.45) is 1.72. The fraction of sp³-hybridized carbons (Fsp3) is 0.267. The molecule has 110 valence electrons. The lowest BCUT2D eigenvalue weighted by Crippen LogP contribution is -2.09. The van der Waals surface area contributed by atoms with Gasteiger partial charge in [-0.2, -0.15) is 0 Å². The molecule has 0 bridgehead atoms. The zero-order chi connectivity index (χ0) is 15.2. The number of nitro benzene ring substituents is 1.